The van der Waals surface area contributed by atoms with Crippen molar-refractivity contribution in [3.63, 3.8) is 0 Å². The predicted molar refractivity (Wildman–Crippen MR) is 62.1 cm³/mol. The maximum absolute atomic E-state index is 11.5. The van der Waals surface area contributed by atoms with E-state index in [2.05, 4.69) is 5.32 Å². The van der Waals surface area contributed by atoms with Gasteiger partial charge in [-0.3, -0.25) is 10.1 Å². The summed E-state index contributed by atoms with van der Waals surface area (Å²) in [5.41, 5.74) is -0.397. The zero-order valence-corrected chi connectivity index (χ0v) is 10.4. The summed E-state index contributed by atoms with van der Waals surface area (Å²) >= 11 is 0. The van der Waals surface area contributed by atoms with Crippen molar-refractivity contribution in [3.05, 3.63) is 21.9 Å². The lowest BCUT2D eigenvalue weighted by Crippen LogP contribution is -2.39. The van der Waals surface area contributed by atoms with Crippen LogP contribution in [-0.4, -0.2) is 22.7 Å². The number of carbonyl (C=O) groups excluding carboxylic acids is 1. The van der Waals surface area contributed by atoms with Gasteiger partial charge in [-0.05, 0) is 33.6 Å². The SMILES string of the molecule is CC(C)(C)OC(=O)NC1C=C([N+](=O)[O-])CCC1. The number of hydrogen-bond donors (Lipinski definition) is 1. The number of nitrogens with zero attached hydrogens (tertiary/aromatic N) is 1. The van der Waals surface area contributed by atoms with Crippen molar-refractivity contribution in [1.82, 2.24) is 5.32 Å². The molecule has 1 aliphatic carbocycles. The normalized spacial score (nSPS) is 20.4. The Morgan fingerprint density at radius 2 is 2.24 bits per heavy atom. The maximum atomic E-state index is 11.5. The fraction of sp³-hybridized carbons (Fsp3) is 0.727. The van der Waals surface area contributed by atoms with Crippen LogP contribution in [0.4, 0.5) is 4.79 Å². The smallest absolute Gasteiger partial charge is 0.408 e. The lowest BCUT2D eigenvalue weighted by atomic mass is 10.0. The molecule has 1 amide bonds. The number of nitrogens with one attached hydrogen (secondary N) is 1. The van der Waals surface area contributed by atoms with Gasteiger partial charge < -0.3 is 10.1 Å². The average molecular weight is 242 g/mol. The number of hydrogen-bond acceptors (Lipinski definition) is 4. The van der Waals surface area contributed by atoms with Gasteiger partial charge in [-0.1, -0.05) is 0 Å². The van der Waals surface area contributed by atoms with Gasteiger partial charge in [-0.15, -0.1) is 0 Å². The average Bonchev–Trinajstić information content (AvgIpc) is 2.14. The number of alkyl carbamates (subject to hydrolysis) is 1. The Hall–Kier alpha value is -1.59. The molecule has 0 radical (unpaired) electrons. The van der Waals surface area contributed by atoms with Gasteiger partial charge in [-0.2, -0.15) is 0 Å². The molecule has 0 fully saturated rings. The zero-order chi connectivity index (χ0) is 13.1. The van der Waals surface area contributed by atoms with E-state index in [4.69, 9.17) is 4.74 Å². The minimum atomic E-state index is -0.561. The lowest BCUT2D eigenvalue weighted by Gasteiger charge is -2.23. The van der Waals surface area contributed by atoms with Gasteiger partial charge in [0.15, 0.2) is 0 Å². The van der Waals surface area contributed by atoms with Crippen LogP contribution in [0.25, 0.3) is 0 Å². The summed E-state index contributed by atoms with van der Waals surface area (Å²) in [5.74, 6) is 0. The van der Waals surface area contributed by atoms with Crippen LogP contribution in [0.1, 0.15) is 40.0 Å². The third kappa shape index (κ3) is 4.84. The molecule has 0 heterocycles. The molecule has 0 aliphatic heterocycles. The van der Waals surface area contributed by atoms with Crippen molar-refractivity contribution in [2.45, 2.75) is 51.7 Å². The highest BCUT2D eigenvalue weighted by Gasteiger charge is 2.24. The van der Waals surface area contributed by atoms with E-state index < -0.39 is 16.6 Å². The summed E-state index contributed by atoms with van der Waals surface area (Å²) in [7, 11) is 0. The number of allylic oxidation sites excluding steroid dienone is 1. The van der Waals surface area contributed by atoms with Gasteiger partial charge in [0.25, 0.3) is 0 Å². The van der Waals surface area contributed by atoms with E-state index in [-0.39, 0.29) is 11.7 Å². The van der Waals surface area contributed by atoms with Crippen LogP contribution in [0.15, 0.2) is 11.8 Å². The van der Waals surface area contributed by atoms with Crippen LogP contribution in [0.3, 0.4) is 0 Å². The summed E-state index contributed by atoms with van der Waals surface area (Å²) in [5, 5.41) is 13.2. The van der Waals surface area contributed by atoms with Gasteiger partial charge in [-0.25, -0.2) is 4.79 Å². The van der Waals surface area contributed by atoms with E-state index in [9.17, 15) is 14.9 Å². The predicted octanol–water partition coefficient (Wildman–Crippen LogP) is 2.22. The van der Waals surface area contributed by atoms with E-state index in [1.807, 2.05) is 0 Å². The molecular weight excluding hydrogens is 224 g/mol. The molecule has 6 nitrogen and oxygen atoms in total. The second kappa shape index (κ2) is 5.16. The van der Waals surface area contributed by atoms with Crippen LogP contribution in [0.2, 0.25) is 0 Å². The first-order valence-electron chi connectivity index (χ1n) is 5.62. The second-order valence-electron chi connectivity index (χ2n) is 5.06. The summed E-state index contributed by atoms with van der Waals surface area (Å²) in [4.78, 5) is 21.7. The summed E-state index contributed by atoms with van der Waals surface area (Å²) in [6.07, 6.45) is 2.82. The summed E-state index contributed by atoms with van der Waals surface area (Å²) in [6.45, 7) is 5.31. The van der Waals surface area contributed by atoms with Gasteiger partial charge in [0.05, 0.1) is 11.0 Å². The van der Waals surface area contributed by atoms with E-state index >= 15 is 0 Å². The van der Waals surface area contributed by atoms with Gasteiger partial charge in [0.2, 0.25) is 5.70 Å². The molecule has 0 spiro atoms. The number of carbonyl (C=O) groups is 1. The largest absolute Gasteiger partial charge is 0.444 e. The van der Waals surface area contributed by atoms with E-state index in [0.29, 0.717) is 19.3 Å². The van der Waals surface area contributed by atoms with Crippen molar-refractivity contribution in [3.8, 4) is 0 Å². The van der Waals surface area contributed by atoms with Crippen LogP contribution in [0.5, 0.6) is 0 Å². The first-order chi connectivity index (χ1) is 7.78. The maximum Gasteiger partial charge on any atom is 0.408 e. The van der Waals surface area contributed by atoms with Crippen molar-refractivity contribution in [2.75, 3.05) is 0 Å². The molecule has 1 aliphatic rings. The Bertz CT molecular complexity index is 344. The third-order valence-electron chi connectivity index (χ3n) is 2.28. The van der Waals surface area contributed by atoms with Crippen LogP contribution in [0, 0.1) is 10.1 Å². The van der Waals surface area contributed by atoms with E-state index in [1.165, 1.54) is 6.08 Å². The minimum absolute atomic E-state index is 0.164. The first-order valence-corrected chi connectivity index (χ1v) is 5.62. The molecule has 1 unspecified atom stereocenters. The molecule has 0 aromatic carbocycles. The van der Waals surface area contributed by atoms with Gasteiger partial charge >= 0.3 is 6.09 Å². The first kappa shape index (κ1) is 13.5. The van der Waals surface area contributed by atoms with Crippen LogP contribution >= 0.6 is 0 Å². The molecule has 17 heavy (non-hydrogen) atoms. The molecule has 1 N–H and O–H groups in total. The number of nitro groups is 1. The Labute approximate surface area is 100 Å². The van der Waals surface area contributed by atoms with Crippen molar-refractivity contribution >= 4 is 6.09 Å². The highest BCUT2D eigenvalue weighted by atomic mass is 16.6. The van der Waals surface area contributed by atoms with Crippen molar-refractivity contribution < 1.29 is 14.5 Å². The molecule has 1 rings (SSSR count). The summed E-state index contributed by atoms with van der Waals surface area (Å²) in [6, 6.07) is -0.306. The quantitative estimate of drug-likeness (QED) is 0.594. The van der Waals surface area contributed by atoms with Gasteiger partial charge in [0, 0.05) is 12.5 Å². The topological polar surface area (TPSA) is 81.5 Å². The highest BCUT2D eigenvalue weighted by molar-refractivity contribution is 5.68. The summed E-state index contributed by atoms with van der Waals surface area (Å²) < 4.78 is 5.09. The third-order valence-corrected chi connectivity index (χ3v) is 2.28. The molecule has 0 aromatic rings. The van der Waals surface area contributed by atoms with E-state index in [1.54, 1.807) is 20.8 Å². The van der Waals surface area contributed by atoms with Crippen molar-refractivity contribution in [1.29, 1.82) is 0 Å². The van der Waals surface area contributed by atoms with Crippen LogP contribution in [-0.2, 0) is 4.74 Å². The Morgan fingerprint density at radius 3 is 2.76 bits per heavy atom. The molecular formula is C11H18N2O4. The molecule has 0 saturated heterocycles. The fourth-order valence-electron chi connectivity index (χ4n) is 1.63. The Morgan fingerprint density at radius 1 is 1.59 bits per heavy atom. The molecule has 0 saturated carbocycles. The Balaban J connectivity index is 2.55. The standard InChI is InChI=1S/C11H18N2O4/c1-11(2,3)17-10(14)12-8-5-4-6-9(7-8)13(15)16/h7-8H,4-6H2,1-3H3,(H,12,14). The molecule has 6 heteroatoms. The second-order valence-corrected chi connectivity index (χ2v) is 5.06. The lowest BCUT2D eigenvalue weighted by molar-refractivity contribution is -0.429. The van der Waals surface area contributed by atoms with E-state index in [0.717, 1.165) is 0 Å². The van der Waals surface area contributed by atoms with Crippen molar-refractivity contribution in [2.24, 2.45) is 0 Å². The number of ether oxygens (including phenoxy) is 1. The van der Waals surface area contributed by atoms with Gasteiger partial charge in [0.1, 0.15) is 5.60 Å². The zero-order valence-electron chi connectivity index (χ0n) is 10.4. The Kier molecular flexibility index (Phi) is 4.09. The molecule has 0 aromatic heterocycles. The highest BCUT2D eigenvalue weighted by Crippen LogP contribution is 2.18. The number of rotatable bonds is 2. The number of amides is 1. The molecule has 96 valence electrons. The van der Waals surface area contributed by atoms with Crippen LogP contribution < -0.4 is 5.32 Å². The molecule has 1 atom stereocenters. The minimum Gasteiger partial charge on any atom is -0.444 e. The monoisotopic (exact) mass is 242 g/mol. The molecule has 0 bridgehead atoms. The fourth-order valence-corrected chi connectivity index (χ4v) is 1.63.